The smallest absolute Gasteiger partial charge is 0.254 e. The molecule has 6 heteroatoms. The first-order valence-electron chi connectivity index (χ1n) is 5.11. The molecule has 0 spiro atoms. The van der Waals surface area contributed by atoms with Crippen molar-refractivity contribution in [1.82, 2.24) is 10.3 Å². The van der Waals surface area contributed by atoms with Crippen LogP contribution in [0.1, 0.15) is 24.2 Å². The summed E-state index contributed by atoms with van der Waals surface area (Å²) in [5, 5.41) is 2.68. The number of aromatic nitrogens is 1. The van der Waals surface area contributed by atoms with Crippen molar-refractivity contribution in [3.8, 4) is 0 Å². The van der Waals surface area contributed by atoms with Crippen molar-refractivity contribution in [1.29, 1.82) is 0 Å². The number of rotatable bonds is 4. The van der Waals surface area contributed by atoms with Gasteiger partial charge in [0.05, 0.1) is 5.56 Å². The molecule has 0 atom stereocenters. The molecule has 0 radical (unpaired) electrons. The van der Waals surface area contributed by atoms with Gasteiger partial charge in [0.1, 0.15) is 0 Å². The standard InChI is InChI=1S/C11H16FN3OS/c1-11(2,17-3)6-15-10(16)7-4-5-14-9(13)8(7)12/h4-5H,6H2,1-3H3,(H2,13,14)(H,15,16). The van der Waals surface area contributed by atoms with E-state index >= 15 is 0 Å². The van der Waals surface area contributed by atoms with Crippen molar-refractivity contribution in [3.63, 3.8) is 0 Å². The highest BCUT2D eigenvalue weighted by Gasteiger charge is 2.19. The summed E-state index contributed by atoms with van der Waals surface area (Å²) in [5.74, 6) is -1.51. The zero-order valence-corrected chi connectivity index (χ0v) is 10.9. The molecule has 1 heterocycles. The maximum atomic E-state index is 13.5. The van der Waals surface area contributed by atoms with E-state index < -0.39 is 11.7 Å². The SMILES string of the molecule is CSC(C)(C)CNC(=O)c1ccnc(N)c1F. The van der Waals surface area contributed by atoms with E-state index in [2.05, 4.69) is 10.3 Å². The van der Waals surface area contributed by atoms with Gasteiger partial charge in [-0.3, -0.25) is 4.79 Å². The van der Waals surface area contributed by atoms with E-state index in [1.165, 1.54) is 12.3 Å². The number of carbonyl (C=O) groups excluding carboxylic acids is 1. The summed E-state index contributed by atoms with van der Waals surface area (Å²) >= 11 is 1.63. The summed E-state index contributed by atoms with van der Waals surface area (Å²) in [7, 11) is 0. The molecule has 0 fully saturated rings. The summed E-state index contributed by atoms with van der Waals surface area (Å²) in [6, 6.07) is 1.31. The summed E-state index contributed by atoms with van der Waals surface area (Å²) < 4.78 is 13.4. The number of hydrogen-bond donors (Lipinski definition) is 2. The molecular weight excluding hydrogens is 241 g/mol. The Balaban J connectivity index is 2.74. The number of nitrogen functional groups attached to an aromatic ring is 1. The molecule has 0 saturated heterocycles. The number of nitrogens with one attached hydrogen (secondary N) is 1. The Morgan fingerprint density at radius 2 is 2.29 bits per heavy atom. The molecular formula is C11H16FN3OS. The lowest BCUT2D eigenvalue weighted by molar-refractivity contribution is 0.0946. The molecule has 1 aromatic heterocycles. The van der Waals surface area contributed by atoms with Crippen molar-refractivity contribution >= 4 is 23.5 Å². The molecule has 1 rings (SSSR count). The van der Waals surface area contributed by atoms with E-state index in [-0.39, 0.29) is 16.1 Å². The largest absolute Gasteiger partial charge is 0.381 e. The van der Waals surface area contributed by atoms with Crippen LogP contribution in [0.4, 0.5) is 10.2 Å². The molecule has 0 aliphatic carbocycles. The van der Waals surface area contributed by atoms with Crippen LogP contribution in [0, 0.1) is 5.82 Å². The number of carbonyl (C=O) groups is 1. The van der Waals surface area contributed by atoms with Gasteiger partial charge in [0.15, 0.2) is 11.6 Å². The average molecular weight is 257 g/mol. The highest BCUT2D eigenvalue weighted by molar-refractivity contribution is 7.99. The molecule has 17 heavy (non-hydrogen) atoms. The van der Waals surface area contributed by atoms with Gasteiger partial charge in [-0.25, -0.2) is 9.37 Å². The Bertz CT molecular complexity index is 423. The predicted octanol–water partition coefficient (Wildman–Crippen LogP) is 1.67. The molecule has 4 nitrogen and oxygen atoms in total. The van der Waals surface area contributed by atoms with Crippen molar-refractivity contribution in [2.24, 2.45) is 0 Å². The van der Waals surface area contributed by atoms with Gasteiger partial charge < -0.3 is 11.1 Å². The summed E-state index contributed by atoms with van der Waals surface area (Å²) in [6.45, 7) is 4.44. The van der Waals surface area contributed by atoms with Crippen LogP contribution in [0.3, 0.4) is 0 Å². The van der Waals surface area contributed by atoms with E-state index in [1.807, 2.05) is 20.1 Å². The zero-order chi connectivity index (χ0) is 13.1. The molecule has 1 amide bonds. The molecule has 0 aliphatic heterocycles. The fourth-order valence-corrected chi connectivity index (χ4v) is 1.31. The molecule has 0 saturated carbocycles. The zero-order valence-electron chi connectivity index (χ0n) is 10.1. The Labute approximate surface area is 104 Å². The van der Waals surface area contributed by atoms with Gasteiger partial charge in [0, 0.05) is 17.5 Å². The first kappa shape index (κ1) is 13.8. The third kappa shape index (κ3) is 3.59. The Hall–Kier alpha value is -1.30. The number of pyridine rings is 1. The third-order valence-electron chi connectivity index (χ3n) is 2.39. The first-order valence-corrected chi connectivity index (χ1v) is 6.33. The van der Waals surface area contributed by atoms with Crippen LogP contribution >= 0.6 is 11.8 Å². The highest BCUT2D eigenvalue weighted by atomic mass is 32.2. The van der Waals surface area contributed by atoms with Crippen molar-refractivity contribution in [2.45, 2.75) is 18.6 Å². The number of amides is 1. The van der Waals surface area contributed by atoms with Gasteiger partial charge in [-0.2, -0.15) is 11.8 Å². The van der Waals surface area contributed by atoms with E-state index in [4.69, 9.17) is 5.73 Å². The third-order valence-corrected chi connectivity index (χ3v) is 3.64. The van der Waals surface area contributed by atoms with Gasteiger partial charge >= 0.3 is 0 Å². The number of nitrogens with zero attached hydrogens (tertiary/aromatic N) is 1. The van der Waals surface area contributed by atoms with Crippen LogP contribution in [0.5, 0.6) is 0 Å². The number of hydrogen-bond acceptors (Lipinski definition) is 4. The number of halogens is 1. The van der Waals surface area contributed by atoms with Crippen LogP contribution in [0.15, 0.2) is 12.3 Å². The van der Waals surface area contributed by atoms with E-state index in [0.717, 1.165) is 0 Å². The van der Waals surface area contributed by atoms with Crippen LogP contribution in [0.2, 0.25) is 0 Å². The molecule has 0 unspecified atom stereocenters. The second-order valence-corrected chi connectivity index (χ2v) is 5.72. The second kappa shape index (κ2) is 5.35. The molecule has 0 aromatic carbocycles. The van der Waals surface area contributed by atoms with Gasteiger partial charge in [-0.05, 0) is 26.2 Å². The maximum absolute atomic E-state index is 13.5. The summed E-state index contributed by atoms with van der Waals surface area (Å²) in [4.78, 5) is 15.3. The number of anilines is 1. The Kier molecular flexibility index (Phi) is 4.34. The fourth-order valence-electron chi connectivity index (χ4n) is 1.10. The monoisotopic (exact) mass is 257 g/mol. The Morgan fingerprint density at radius 1 is 1.65 bits per heavy atom. The lowest BCUT2D eigenvalue weighted by atomic mass is 10.2. The minimum atomic E-state index is -0.771. The lowest BCUT2D eigenvalue weighted by Gasteiger charge is -2.22. The molecule has 3 N–H and O–H groups in total. The van der Waals surface area contributed by atoms with Crippen LogP contribution in [-0.2, 0) is 0 Å². The van der Waals surface area contributed by atoms with Crippen molar-refractivity contribution in [3.05, 3.63) is 23.6 Å². The fraction of sp³-hybridized carbons (Fsp3) is 0.455. The molecule has 0 bridgehead atoms. The van der Waals surface area contributed by atoms with E-state index in [9.17, 15) is 9.18 Å². The summed E-state index contributed by atoms with van der Waals surface area (Å²) in [6.07, 6.45) is 3.27. The van der Waals surface area contributed by atoms with Gasteiger partial charge in [-0.15, -0.1) is 0 Å². The maximum Gasteiger partial charge on any atom is 0.254 e. The minimum Gasteiger partial charge on any atom is -0.381 e. The molecule has 94 valence electrons. The minimum absolute atomic E-state index is 0.0746. The topological polar surface area (TPSA) is 68.0 Å². The predicted molar refractivity (Wildman–Crippen MR) is 68.5 cm³/mol. The number of nitrogens with two attached hydrogens (primary N) is 1. The van der Waals surface area contributed by atoms with E-state index in [1.54, 1.807) is 11.8 Å². The van der Waals surface area contributed by atoms with Gasteiger partial charge in [-0.1, -0.05) is 0 Å². The summed E-state index contributed by atoms with van der Waals surface area (Å²) in [5.41, 5.74) is 5.22. The molecule has 1 aromatic rings. The normalized spacial score (nSPS) is 11.3. The lowest BCUT2D eigenvalue weighted by Crippen LogP contribution is -2.36. The van der Waals surface area contributed by atoms with Crippen molar-refractivity contribution in [2.75, 3.05) is 18.5 Å². The second-order valence-electron chi connectivity index (χ2n) is 4.20. The average Bonchev–Trinajstić information content (AvgIpc) is 2.30. The van der Waals surface area contributed by atoms with E-state index in [0.29, 0.717) is 6.54 Å². The van der Waals surface area contributed by atoms with Gasteiger partial charge in [0.2, 0.25) is 0 Å². The van der Waals surface area contributed by atoms with Crippen LogP contribution in [0.25, 0.3) is 0 Å². The van der Waals surface area contributed by atoms with Crippen LogP contribution < -0.4 is 11.1 Å². The Morgan fingerprint density at radius 3 is 2.88 bits per heavy atom. The van der Waals surface area contributed by atoms with Gasteiger partial charge in [0.25, 0.3) is 5.91 Å². The van der Waals surface area contributed by atoms with Crippen molar-refractivity contribution < 1.29 is 9.18 Å². The quantitative estimate of drug-likeness (QED) is 0.861. The first-order chi connectivity index (χ1) is 7.87. The highest BCUT2D eigenvalue weighted by Crippen LogP contribution is 2.20. The number of thioether (sulfide) groups is 1. The molecule has 0 aliphatic rings. The van der Waals surface area contributed by atoms with Crippen LogP contribution in [-0.4, -0.2) is 28.4 Å².